The molecule has 23 heavy (non-hydrogen) atoms. The Morgan fingerprint density at radius 1 is 1.39 bits per heavy atom. The van der Waals surface area contributed by atoms with Crippen molar-refractivity contribution >= 4 is 5.91 Å². The van der Waals surface area contributed by atoms with Gasteiger partial charge in [0.1, 0.15) is 0 Å². The van der Waals surface area contributed by atoms with Crippen LogP contribution in [0.25, 0.3) is 0 Å². The maximum absolute atomic E-state index is 12.3. The Bertz CT molecular complexity index is 701. The maximum atomic E-state index is 12.3. The highest BCUT2D eigenvalue weighted by Gasteiger charge is 2.14. The van der Waals surface area contributed by atoms with Crippen LogP contribution < -0.4 is 14.8 Å². The molecule has 1 aromatic heterocycles. The van der Waals surface area contributed by atoms with Crippen molar-refractivity contribution < 1.29 is 23.0 Å². The highest BCUT2D eigenvalue weighted by Crippen LogP contribution is 2.29. The molecule has 0 saturated heterocycles. The lowest BCUT2D eigenvalue weighted by atomic mass is 10.2. The molecule has 0 fully saturated rings. The SMILES string of the molecule is COc1cc(C(=O)NCc2cn(C)nc2C)ccc1OC(F)F. The summed E-state index contributed by atoms with van der Waals surface area (Å²) >= 11 is 0. The largest absolute Gasteiger partial charge is 0.493 e. The third-order valence-corrected chi connectivity index (χ3v) is 3.20. The van der Waals surface area contributed by atoms with Crippen molar-refractivity contribution in [1.29, 1.82) is 0 Å². The zero-order valence-corrected chi connectivity index (χ0v) is 13.0. The Balaban J connectivity index is 2.08. The second kappa shape index (κ2) is 7.08. The lowest BCUT2D eigenvalue weighted by Crippen LogP contribution is -2.23. The highest BCUT2D eigenvalue weighted by atomic mass is 19.3. The van der Waals surface area contributed by atoms with Crippen molar-refractivity contribution in [3.8, 4) is 11.5 Å². The van der Waals surface area contributed by atoms with Crippen LogP contribution in [0, 0.1) is 6.92 Å². The van der Waals surface area contributed by atoms with Crippen molar-refractivity contribution in [2.24, 2.45) is 7.05 Å². The summed E-state index contributed by atoms with van der Waals surface area (Å²) in [6.07, 6.45) is 1.82. The summed E-state index contributed by atoms with van der Waals surface area (Å²) in [5.74, 6) is -0.409. The lowest BCUT2D eigenvalue weighted by Gasteiger charge is -2.11. The number of halogens is 2. The molecule has 0 saturated carbocycles. The van der Waals surface area contributed by atoms with Gasteiger partial charge in [-0.2, -0.15) is 13.9 Å². The van der Waals surface area contributed by atoms with Crippen molar-refractivity contribution in [2.75, 3.05) is 7.11 Å². The summed E-state index contributed by atoms with van der Waals surface area (Å²) in [7, 11) is 3.11. The number of hydrogen-bond donors (Lipinski definition) is 1. The number of ether oxygens (including phenoxy) is 2. The molecule has 124 valence electrons. The first-order chi connectivity index (χ1) is 10.9. The van der Waals surface area contributed by atoms with Crippen LogP contribution in [0.5, 0.6) is 11.5 Å². The molecular weight excluding hydrogens is 308 g/mol. The summed E-state index contributed by atoms with van der Waals surface area (Å²) < 4.78 is 35.5. The molecule has 1 amide bonds. The van der Waals surface area contributed by atoms with Gasteiger partial charge in [-0.15, -0.1) is 0 Å². The molecule has 1 heterocycles. The lowest BCUT2D eigenvalue weighted by molar-refractivity contribution is -0.0512. The van der Waals surface area contributed by atoms with Crippen molar-refractivity contribution in [3.05, 3.63) is 41.2 Å². The van der Waals surface area contributed by atoms with Gasteiger partial charge >= 0.3 is 6.61 Å². The van der Waals surface area contributed by atoms with Crippen LogP contribution in [-0.4, -0.2) is 29.4 Å². The third-order valence-electron chi connectivity index (χ3n) is 3.20. The van der Waals surface area contributed by atoms with Gasteiger partial charge in [-0.1, -0.05) is 0 Å². The fourth-order valence-electron chi connectivity index (χ4n) is 2.10. The molecule has 0 radical (unpaired) electrons. The minimum absolute atomic E-state index is 0.0653. The average Bonchev–Trinajstić information content (AvgIpc) is 2.82. The highest BCUT2D eigenvalue weighted by molar-refractivity contribution is 5.94. The monoisotopic (exact) mass is 325 g/mol. The van der Waals surface area contributed by atoms with E-state index in [-0.39, 0.29) is 23.0 Å². The van der Waals surface area contributed by atoms with E-state index in [1.54, 1.807) is 11.7 Å². The second-order valence-electron chi connectivity index (χ2n) is 4.84. The molecule has 2 aromatic rings. The molecule has 0 aliphatic heterocycles. The van der Waals surface area contributed by atoms with E-state index in [9.17, 15) is 13.6 Å². The van der Waals surface area contributed by atoms with Crippen LogP contribution in [0.2, 0.25) is 0 Å². The number of alkyl halides is 2. The van der Waals surface area contributed by atoms with Gasteiger partial charge in [0, 0.05) is 30.9 Å². The van der Waals surface area contributed by atoms with E-state index in [1.807, 2.05) is 13.1 Å². The van der Waals surface area contributed by atoms with Gasteiger partial charge in [-0.25, -0.2) is 0 Å². The number of nitrogens with zero attached hydrogens (tertiary/aromatic N) is 2. The topological polar surface area (TPSA) is 65.4 Å². The molecule has 0 unspecified atom stereocenters. The van der Waals surface area contributed by atoms with E-state index in [2.05, 4.69) is 15.2 Å². The molecular formula is C15H17F2N3O3. The fourth-order valence-corrected chi connectivity index (χ4v) is 2.10. The molecule has 2 rings (SSSR count). The molecule has 0 aliphatic carbocycles. The molecule has 6 nitrogen and oxygen atoms in total. The first-order valence-electron chi connectivity index (χ1n) is 6.81. The predicted octanol–water partition coefficient (Wildman–Crippen LogP) is 2.27. The van der Waals surface area contributed by atoms with Crippen LogP contribution >= 0.6 is 0 Å². The second-order valence-corrected chi connectivity index (χ2v) is 4.84. The van der Waals surface area contributed by atoms with Crippen molar-refractivity contribution in [3.63, 3.8) is 0 Å². The summed E-state index contributed by atoms with van der Waals surface area (Å²) in [5.41, 5.74) is 2.00. The summed E-state index contributed by atoms with van der Waals surface area (Å²) in [6, 6.07) is 4.02. The summed E-state index contributed by atoms with van der Waals surface area (Å²) in [4.78, 5) is 12.2. The maximum Gasteiger partial charge on any atom is 0.387 e. The van der Waals surface area contributed by atoms with E-state index < -0.39 is 6.61 Å². The average molecular weight is 325 g/mol. The number of hydrogen-bond acceptors (Lipinski definition) is 4. The Kier molecular flexibility index (Phi) is 5.15. The predicted molar refractivity (Wildman–Crippen MR) is 78.7 cm³/mol. The number of aromatic nitrogens is 2. The smallest absolute Gasteiger partial charge is 0.387 e. The van der Waals surface area contributed by atoms with Crippen molar-refractivity contribution in [2.45, 2.75) is 20.1 Å². The quantitative estimate of drug-likeness (QED) is 0.885. The van der Waals surface area contributed by atoms with Crippen LogP contribution in [0.3, 0.4) is 0 Å². The first kappa shape index (κ1) is 16.7. The van der Waals surface area contributed by atoms with Crippen molar-refractivity contribution in [1.82, 2.24) is 15.1 Å². The molecule has 0 spiro atoms. The van der Waals surface area contributed by atoms with E-state index in [0.717, 1.165) is 11.3 Å². The van der Waals surface area contributed by atoms with Gasteiger partial charge in [0.15, 0.2) is 11.5 Å². The molecule has 0 bridgehead atoms. The Morgan fingerprint density at radius 3 is 2.70 bits per heavy atom. The molecule has 1 N–H and O–H groups in total. The number of nitrogens with one attached hydrogen (secondary N) is 1. The minimum Gasteiger partial charge on any atom is -0.493 e. The Morgan fingerprint density at radius 2 is 2.13 bits per heavy atom. The standard InChI is InChI=1S/C15H17F2N3O3/c1-9-11(8-20(2)19-9)7-18-14(21)10-4-5-12(23-15(16)17)13(6-10)22-3/h4-6,8,15H,7H2,1-3H3,(H,18,21). The fraction of sp³-hybridized carbons (Fsp3) is 0.333. The summed E-state index contributed by atoms with van der Waals surface area (Å²) in [5, 5.41) is 6.93. The number of methoxy groups -OCH3 is 1. The van der Waals surface area contributed by atoms with Gasteiger partial charge in [-0.05, 0) is 25.1 Å². The first-order valence-corrected chi connectivity index (χ1v) is 6.81. The summed E-state index contributed by atoms with van der Waals surface area (Å²) in [6.45, 7) is -0.797. The van der Waals surface area contributed by atoms with Gasteiger partial charge in [0.25, 0.3) is 5.91 Å². The third kappa shape index (κ3) is 4.18. The number of carbonyl (C=O) groups excluding carboxylic acids is 1. The van der Waals surface area contributed by atoms with E-state index in [0.29, 0.717) is 6.54 Å². The molecule has 0 aliphatic rings. The number of benzene rings is 1. The Hall–Kier alpha value is -2.64. The number of carbonyl (C=O) groups is 1. The number of rotatable bonds is 6. The zero-order valence-electron chi connectivity index (χ0n) is 13.0. The van der Waals surface area contributed by atoms with Crippen LogP contribution in [0.4, 0.5) is 8.78 Å². The van der Waals surface area contributed by atoms with Crippen LogP contribution in [0.15, 0.2) is 24.4 Å². The van der Waals surface area contributed by atoms with Gasteiger partial charge in [0.2, 0.25) is 0 Å². The minimum atomic E-state index is -2.96. The molecule has 1 aromatic carbocycles. The molecule has 0 atom stereocenters. The number of aryl methyl sites for hydroxylation is 2. The van der Waals surface area contributed by atoms with E-state index in [1.165, 1.54) is 25.3 Å². The van der Waals surface area contributed by atoms with Crippen LogP contribution in [-0.2, 0) is 13.6 Å². The van der Waals surface area contributed by atoms with Crippen LogP contribution in [0.1, 0.15) is 21.6 Å². The Labute approximate surface area is 132 Å². The van der Waals surface area contributed by atoms with E-state index in [4.69, 9.17) is 4.74 Å². The van der Waals surface area contributed by atoms with Gasteiger partial charge < -0.3 is 14.8 Å². The van der Waals surface area contributed by atoms with Gasteiger partial charge in [-0.3, -0.25) is 9.48 Å². The normalized spacial score (nSPS) is 10.7. The van der Waals surface area contributed by atoms with Gasteiger partial charge in [0.05, 0.1) is 12.8 Å². The number of amides is 1. The van der Waals surface area contributed by atoms with E-state index >= 15 is 0 Å². The zero-order chi connectivity index (χ0) is 17.0. The molecule has 8 heteroatoms.